The van der Waals surface area contributed by atoms with E-state index in [4.69, 9.17) is 11.6 Å². The van der Waals surface area contributed by atoms with E-state index >= 15 is 0 Å². The maximum absolute atomic E-state index is 13.4. The van der Waals surface area contributed by atoms with Crippen molar-refractivity contribution in [3.63, 3.8) is 0 Å². The topological polar surface area (TPSA) is 86.8 Å². The molecule has 1 saturated heterocycles. The molecular weight excluding hydrogens is 458 g/mol. The number of rotatable bonds is 9. The van der Waals surface area contributed by atoms with Gasteiger partial charge in [-0.1, -0.05) is 48.9 Å². The number of nitrogens with one attached hydrogen (secondary N) is 1. The van der Waals surface area contributed by atoms with Gasteiger partial charge in [-0.25, -0.2) is 16.8 Å². The molecule has 0 aliphatic carbocycles. The Bertz CT molecular complexity index is 1060. The van der Waals surface area contributed by atoms with Crippen LogP contribution in [0, 0.1) is 0 Å². The molecule has 1 aliphatic heterocycles. The molecule has 0 radical (unpaired) electrons. The van der Waals surface area contributed by atoms with Crippen LogP contribution in [-0.4, -0.2) is 70.5 Å². The summed E-state index contributed by atoms with van der Waals surface area (Å²) in [6.45, 7) is 3.97. The Hall–Kier alpha value is -1.49. The molecule has 0 amide bonds. The van der Waals surface area contributed by atoms with Gasteiger partial charge in [-0.3, -0.25) is 0 Å². The van der Waals surface area contributed by atoms with Crippen molar-refractivity contribution in [2.45, 2.75) is 17.7 Å². The molecule has 1 fully saturated rings. The van der Waals surface area contributed by atoms with Crippen molar-refractivity contribution in [2.24, 2.45) is 0 Å². The molecule has 2 aromatic carbocycles. The van der Waals surface area contributed by atoms with Crippen molar-refractivity contribution in [3.05, 3.63) is 65.2 Å². The van der Waals surface area contributed by atoms with E-state index in [2.05, 4.69) is 5.32 Å². The van der Waals surface area contributed by atoms with Gasteiger partial charge >= 0.3 is 0 Å². The van der Waals surface area contributed by atoms with Crippen LogP contribution < -0.4 is 5.32 Å². The molecule has 170 valence electrons. The van der Waals surface area contributed by atoms with Gasteiger partial charge in [0, 0.05) is 44.3 Å². The van der Waals surface area contributed by atoms with Crippen LogP contribution in [0.1, 0.15) is 18.4 Å². The molecule has 3 rings (SSSR count). The largest absolute Gasteiger partial charge is 0.314 e. The van der Waals surface area contributed by atoms with Gasteiger partial charge in [-0.2, -0.15) is 8.61 Å². The lowest BCUT2D eigenvalue weighted by Crippen LogP contribution is -2.48. The number of piperazine rings is 1. The standard InChI is InChI=1S/C21H28ClN3O4S2/c1-18(19-5-3-2-4-6-19)17-25(31(28,29)21-9-7-20(22)8-10-21)15-16-30(26,27)24-13-11-23-12-14-24/h2-10,18,23H,11-17H2,1H3/t18-/m0/s1. The Balaban J connectivity index is 1.83. The fourth-order valence-corrected chi connectivity index (χ4v) is 6.75. The summed E-state index contributed by atoms with van der Waals surface area (Å²) < 4.78 is 55.1. The average molecular weight is 486 g/mol. The van der Waals surface area contributed by atoms with E-state index in [-0.39, 0.29) is 29.7 Å². The molecule has 7 nitrogen and oxygen atoms in total. The number of hydrogen-bond acceptors (Lipinski definition) is 5. The van der Waals surface area contributed by atoms with Crippen molar-refractivity contribution < 1.29 is 16.8 Å². The number of sulfonamides is 2. The van der Waals surface area contributed by atoms with E-state index in [1.165, 1.54) is 32.9 Å². The highest BCUT2D eigenvalue weighted by molar-refractivity contribution is 7.90. The van der Waals surface area contributed by atoms with Gasteiger partial charge in [0.15, 0.2) is 0 Å². The predicted molar refractivity (Wildman–Crippen MR) is 123 cm³/mol. The first kappa shape index (κ1) is 24.2. The summed E-state index contributed by atoms with van der Waals surface area (Å²) in [4.78, 5) is 0.0942. The van der Waals surface area contributed by atoms with Crippen LogP contribution in [0.15, 0.2) is 59.5 Å². The Kier molecular flexibility index (Phi) is 8.12. The smallest absolute Gasteiger partial charge is 0.243 e. The van der Waals surface area contributed by atoms with Gasteiger partial charge in [0.05, 0.1) is 10.6 Å². The van der Waals surface area contributed by atoms with Crippen LogP contribution in [0.4, 0.5) is 0 Å². The van der Waals surface area contributed by atoms with Crippen LogP contribution in [0.2, 0.25) is 5.02 Å². The van der Waals surface area contributed by atoms with E-state index in [1.807, 2.05) is 37.3 Å². The Morgan fingerprint density at radius 3 is 2.23 bits per heavy atom. The monoisotopic (exact) mass is 485 g/mol. The van der Waals surface area contributed by atoms with E-state index in [9.17, 15) is 16.8 Å². The summed E-state index contributed by atoms with van der Waals surface area (Å²) >= 11 is 5.91. The fraction of sp³-hybridized carbons (Fsp3) is 0.429. The lowest BCUT2D eigenvalue weighted by Gasteiger charge is -2.29. The molecule has 1 atom stereocenters. The maximum atomic E-state index is 13.4. The third-order valence-corrected chi connectivity index (χ3v) is 9.35. The number of nitrogens with zero attached hydrogens (tertiary/aromatic N) is 2. The molecule has 0 spiro atoms. The maximum Gasteiger partial charge on any atom is 0.243 e. The van der Waals surface area contributed by atoms with Gasteiger partial charge in [-0.15, -0.1) is 0 Å². The van der Waals surface area contributed by atoms with Crippen LogP contribution in [0.25, 0.3) is 0 Å². The highest BCUT2D eigenvalue weighted by Crippen LogP contribution is 2.23. The SMILES string of the molecule is C[C@@H](CN(CCS(=O)(=O)N1CCNCC1)S(=O)(=O)c1ccc(Cl)cc1)c1ccccc1. The van der Waals surface area contributed by atoms with Gasteiger partial charge in [-0.05, 0) is 35.7 Å². The van der Waals surface area contributed by atoms with Gasteiger partial charge in [0.25, 0.3) is 0 Å². The highest BCUT2D eigenvalue weighted by atomic mass is 35.5. The molecule has 31 heavy (non-hydrogen) atoms. The van der Waals surface area contributed by atoms with Crippen LogP contribution in [0.3, 0.4) is 0 Å². The molecule has 1 N–H and O–H groups in total. The van der Waals surface area contributed by atoms with Crippen LogP contribution in [-0.2, 0) is 20.0 Å². The van der Waals surface area contributed by atoms with Crippen molar-refractivity contribution in [3.8, 4) is 0 Å². The van der Waals surface area contributed by atoms with Crippen molar-refractivity contribution in [2.75, 3.05) is 45.0 Å². The third-order valence-electron chi connectivity index (χ3n) is 5.37. The average Bonchev–Trinajstić information content (AvgIpc) is 2.78. The molecular formula is C21H28ClN3O4S2. The number of hydrogen-bond donors (Lipinski definition) is 1. The quantitative estimate of drug-likeness (QED) is 0.589. The summed E-state index contributed by atoms with van der Waals surface area (Å²) in [6.07, 6.45) is 0. The second-order valence-corrected chi connectivity index (χ2v) is 12.1. The lowest BCUT2D eigenvalue weighted by atomic mass is 10.0. The Morgan fingerprint density at radius 1 is 1.00 bits per heavy atom. The molecule has 0 bridgehead atoms. The van der Waals surface area contributed by atoms with Crippen molar-refractivity contribution in [1.29, 1.82) is 0 Å². The summed E-state index contributed by atoms with van der Waals surface area (Å²) in [5.74, 6) is -0.369. The first-order valence-corrected chi connectivity index (χ1v) is 13.6. The Morgan fingerprint density at radius 2 is 1.61 bits per heavy atom. The highest BCUT2D eigenvalue weighted by Gasteiger charge is 2.30. The zero-order valence-electron chi connectivity index (χ0n) is 17.4. The van der Waals surface area contributed by atoms with Crippen LogP contribution >= 0.6 is 11.6 Å². The number of halogens is 1. The summed E-state index contributed by atoms with van der Waals surface area (Å²) in [5.41, 5.74) is 0.990. The minimum absolute atomic E-state index is 0.0942. The molecule has 0 unspecified atom stereocenters. The molecule has 0 saturated carbocycles. The first-order chi connectivity index (χ1) is 14.7. The minimum Gasteiger partial charge on any atom is -0.314 e. The van der Waals surface area contributed by atoms with Crippen molar-refractivity contribution >= 4 is 31.6 Å². The zero-order valence-corrected chi connectivity index (χ0v) is 19.8. The Labute approximate surface area is 190 Å². The first-order valence-electron chi connectivity index (χ1n) is 10.2. The van der Waals surface area contributed by atoms with Crippen LogP contribution in [0.5, 0.6) is 0 Å². The van der Waals surface area contributed by atoms with E-state index < -0.39 is 20.0 Å². The normalized spacial score (nSPS) is 17.0. The molecule has 10 heteroatoms. The fourth-order valence-electron chi connectivity index (χ4n) is 3.53. The minimum atomic E-state index is -3.89. The van der Waals surface area contributed by atoms with Gasteiger partial charge in [0.2, 0.25) is 20.0 Å². The number of benzene rings is 2. The van der Waals surface area contributed by atoms with Gasteiger partial charge in [0.1, 0.15) is 0 Å². The summed E-state index contributed by atoms with van der Waals surface area (Å²) in [6, 6.07) is 15.5. The second kappa shape index (κ2) is 10.4. The third kappa shape index (κ3) is 6.27. The predicted octanol–water partition coefficient (Wildman–Crippen LogP) is 2.37. The summed E-state index contributed by atoms with van der Waals surface area (Å²) in [5, 5.41) is 3.56. The molecule has 0 aromatic heterocycles. The molecule has 1 heterocycles. The van der Waals surface area contributed by atoms with Gasteiger partial charge < -0.3 is 5.32 Å². The zero-order chi connectivity index (χ0) is 22.5. The second-order valence-electron chi connectivity index (χ2n) is 7.59. The molecule has 2 aromatic rings. The lowest BCUT2D eigenvalue weighted by molar-refractivity contribution is 0.354. The van der Waals surface area contributed by atoms with E-state index in [1.54, 1.807) is 0 Å². The van der Waals surface area contributed by atoms with E-state index in [0.29, 0.717) is 31.2 Å². The summed E-state index contributed by atoms with van der Waals surface area (Å²) in [7, 11) is -7.46. The van der Waals surface area contributed by atoms with Crippen molar-refractivity contribution in [1.82, 2.24) is 13.9 Å². The molecule has 1 aliphatic rings. The van der Waals surface area contributed by atoms with E-state index in [0.717, 1.165) is 5.56 Å².